The van der Waals surface area contributed by atoms with Gasteiger partial charge in [-0.1, -0.05) is 6.92 Å². The molecular formula is C9H10N2O2. The van der Waals surface area contributed by atoms with Crippen molar-refractivity contribution in [3.8, 4) is 6.07 Å². The van der Waals surface area contributed by atoms with E-state index in [-0.39, 0.29) is 0 Å². The first kappa shape index (κ1) is 9.33. The van der Waals surface area contributed by atoms with Crippen LogP contribution in [0.1, 0.15) is 25.1 Å². The van der Waals surface area contributed by atoms with E-state index in [1.165, 1.54) is 4.57 Å². The standard InChI is InChI=1S/C9H10N2O2/c1-2-8(9(12)13)11-5-3-4-7(11)6-10/h3-5,8H,2H2,1H3,(H,12,13). The molecule has 1 N–H and O–H groups in total. The van der Waals surface area contributed by atoms with Crippen molar-refractivity contribution in [3.05, 3.63) is 24.0 Å². The lowest BCUT2D eigenvalue weighted by molar-refractivity contribution is -0.141. The molecule has 1 unspecified atom stereocenters. The molecule has 0 aliphatic rings. The summed E-state index contributed by atoms with van der Waals surface area (Å²) < 4.78 is 1.47. The zero-order chi connectivity index (χ0) is 9.84. The molecule has 0 saturated heterocycles. The third kappa shape index (κ3) is 1.70. The Labute approximate surface area is 76.0 Å². The minimum atomic E-state index is -0.907. The maximum Gasteiger partial charge on any atom is 0.326 e. The molecule has 0 aliphatic heterocycles. The zero-order valence-electron chi connectivity index (χ0n) is 7.27. The highest BCUT2D eigenvalue weighted by molar-refractivity contribution is 5.72. The van der Waals surface area contributed by atoms with E-state index in [2.05, 4.69) is 0 Å². The van der Waals surface area contributed by atoms with Crippen molar-refractivity contribution in [1.82, 2.24) is 4.57 Å². The fourth-order valence-corrected chi connectivity index (χ4v) is 1.25. The second-order valence-electron chi connectivity index (χ2n) is 2.67. The Kier molecular flexibility index (Phi) is 2.70. The van der Waals surface area contributed by atoms with E-state index in [0.717, 1.165) is 0 Å². The molecule has 1 atom stereocenters. The van der Waals surface area contributed by atoms with Gasteiger partial charge in [-0.15, -0.1) is 0 Å². The summed E-state index contributed by atoms with van der Waals surface area (Å²) in [5.74, 6) is -0.907. The van der Waals surface area contributed by atoms with Gasteiger partial charge in [0.05, 0.1) is 0 Å². The molecule has 0 saturated carbocycles. The van der Waals surface area contributed by atoms with Crippen molar-refractivity contribution in [2.24, 2.45) is 0 Å². The third-order valence-electron chi connectivity index (χ3n) is 1.90. The molecule has 0 aliphatic carbocycles. The van der Waals surface area contributed by atoms with Crippen LogP contribution in [0.3, 0.4) is 0 Å². The molecule has 68 valence electrons. The lowest BCUT2D eigenvalue weighted by atomic mass is 10.2. The van der Waals surface area contributed by atoms with Gasteiger partial charge in [0.15, 0.2) is 0 Å². The summed E-state index contributed by atoms with van der Waals surface area (Å²) in [6.45, 7) is 1.78. The van der Waals surface area contributed by atoms with Gasteiger partial charge in [-0.25, -0.2) is 4.79 Å². The van der Waals surface area contributed by atoms with Crippen molar-refractivity contribution >= 4 is 5.97 Å². The van der Waals surface area contributed by atoms with Crippen LogP contribution >= 0.6 is 0 Å². The first-order chi connectivity index (χ1) is 6.20. The van der Waals surface area contributed by atoms with E-state index in [9.17, 15) is 4.79 Å². The van der Waals surface area contributed by atoms with Crippen LogP contribution in [0.5, 0.6) is 0 Å². The Morgan fingerprint density at radius 3 is 3.00 bits per heavy atom. The number of hydrogen-bond acceptors (Lipinski definition) is 2. The number of nitriles is 1. The number of carboxylic acid groups (broad SMARTS) is 1. The van der Waals surface area contributed by atoms with Gasteiger partial charge in [-0.2, -0.15) is 5.26 Å². The van der Waals surface area contributed by atoms with Crippen molar-refractivity contribution in [3.63, 3.8) is 0 Å². The molecule has 0 amide bonds. The van der Waals surface area contributed by atoms with E-state index < -0.39 is 12.0 Å². The number of nitrogens with zero attached hydrogens (tertiary/aromatic N) is 2. The summed E-state index contributed by atoms with van der Waals surface area (Å²) >= 11 is 0. The number of carboxylic acids is 1. The first-order valence-electron chi connectivity index (χ1n) is 4.00. The van der Waals surface area contributed by atoms with E-state index in [4.69, 9.17) is 10.4 Å². The van der Waals surface area contributed by atoms with Gasteiger partial charge in [0, 0.05) is 6.20 Å². The van der Waals surface area contributed by atoms with Gasteiger partial charge in [0.1, 0.15) is 17.8 Å². The van der Waals surface area contributed by atoms with Crippen LogP contribution in [0.4, 0.5) is 0 Å². The topological polar surface area (TPSA) is 66.0 Å². The molecule has 1 rings (SSSR count). The monoisotopic (exact) mass is 178 g/mol. The Hall–Kier alpha value is -1.76. The van der Waals surface area contributed by atoms with Gasteiger partial charge in [0.2, 0.25) is 0 Å². The molecule has 0 spiro atoms. The fraction of sp³-hybridized carbons (Fsp3) is 0.333. The molecule has 0 fully saturated rings. The summed E-state index contributed by atoms with van der Waals surface area (Å²) in [7, 11) is 0. The number of hydrogen-bond donors (Lipinski definition) is 1. The quantitative estimate of drug-likeness (QED) is 0.760. The van der Waals surface area contributed by atoms with E-state index in [0.29, 0.717) is 12.1 Å². The van der Waals surface area contributed by atoms with Gasteiger partial charge >= 0.3 is 5.97 Å². The normalized spacial score (nSPS) is 12.0. The number of carbonyl (C=O) groups is 1. The minimum Gasteiger partial charge on any atom is -0.480 e. The van der Waals surface area contributed by atoms with Gasteiger partial charge in [-0.05, 0) is 18.6 Å². The molecule has 13 heavy (non-hydrogen) atoms. The second-order valence-corrected chi connectivity index (χ2v) is 2.67. The molecule has 0 bridgehead atoms. The summed E-state index contributed by atoms with van der Waals surface area (Å²) in [4.78, 5) is 10.8. The van der Waals surface area contributed by atoms with Crippen LogP contribution in [0, 0.1) is 11.3 Å². The Bertz CT molecular complexity index is 349. The SMILES string of the molecule is CCC(C(=O)O)n1cccc1C#N. The van der Waals surface area contributed by atoms with Crippen LogP contribution in [-0.2, 0) is 4.79 Å². The minimum absolute atomic E-state index is 0.384. The molecule has 1 heterocycles. The average molecular weight is 178 g/mol. The van der Waals surface area contributed by atoms with Crippen LogP contribution in [0.15, 0.2) is 18.3 Å². The Morgan fingerprint density at radius 2 is 2.54 bits per heavy atom. The zero-order valence-corrected chi connectivity index (χ0v) is 7.27. The predicted molar refractivity (Wildman–Crippen MR) is 46.1 cm³/mol. The average Bonchev–Trinajstić information content (AvgIpc) is 2.53. The summed E-state index contributed by atoms with van der Waals surface area (Å²) in [5.41, 5.74) is 0.384. The van der Waals surface area contributed by atoms with E-state index in [1.807, 2.05) is 6.07 Å². The number of aliphatic carboxylic acids is 1. The highest BCUT2D eigenvalue weighted by atomic mass is 16.4. The maximum absolute atomic E-state index is 10.8. The molecule has 4 nitrogen and oxygen atoms in total. The van der Waals surface area contributed by atoms with Gasteiger partial charge in [0.25, 0.3) is 0 Å². The number of rotatable bonds is 3. The van der Waals surface area contributed by atoms with Crippen molar-refractivity contribution in [2.45, 2.75) is 19.4 Å². The molecule has 1 aromatic heterocycles. The first-order valence-corrected chi connectivity index (χ1v) is 4.00. The van der Waals surface area contributed by atoms with Gasteiger partial charge in [-0.3, -0.25) is 0 Å². The van der Waals surface area contributed by atoms with Crippen LogP contribution < -0.4 is 0 Å². The lowest BCUT2D eigenvalue weighted by Crippen LogP contribution is -2.18. The summed E-state index contributed by atoms with van der Waals surface area (Å²) in [5, 5.41) is 17.5. The summed E-state index contributed by atoms with van der Waals surface area (Å²) in [6.07, 6.45) is 2.08. The fourth-order valence-electron chi connectivity index (χ4n) is 1.25. The molecule has 4 heteroatoms. The van der Waals surface area contributed by atoms with E-state index in [1.54, 1.807) is 25.3 Å². The number of aromatic nitrogens is 1. The van der Waals surface area contributed by atoms with Crippen molar-refractivity contribution < 1.29 is 9.90 Å². The highest BCUT2D eigenvalue weighted by Crippen LogP contribution is 2.14. The molecule has 0 radical (unpaired) electrons. The van der Waals surface area contributed by atoms with Crippen LogP contribution in [0.2, 0.25) is 0 Å². The summed E-state index contributed by atoms with van der Waals surface area (Å²) in [6, 6.07) is 4.58. The Morgan fingerprint density at radius 1 is 1.85 bits per heavy atom. The van der Waals surface area contributed by atoms with Gasteiger partial charge < -0.3 is 9.67 Å². The predicted octanol–water partition coefficient (Wildman–Crippen LogP) is 1.40. The second kappa shape index (κ2) is 3.76. The lowest BCUT2D eigenvalue weighted by Gasteiger charge is -2.12. The van der Waals surface area contributed by atoms with Crippen LogP contribution in [0.25, 0.3) is 0 Å². The third-order valence-corrected chi connectivity index (χ3v) is 1.90. The smallest absolute Gasteiger partial charge is 0.326 e. The largest absolute Gasteiger partial charge is 0.480 e. The molecular weight excluding hydrogens is 168 g/mol. The van der Waals surface area contributed by atoms with Crippen molar-refractivity contribution in [1.29, 1.82) is 5.26 Å². The van der Waals surface area contributed by atoms with E-state index >= 15 is 0 Å². The molecule has 0 aromatic carbocycles. The molecule has 1 aromatic rings. The van der Waals surface area contributed by atoms with Crippen LogP contribution in [-0.4, -0.2) is 15.6 Å². The highest BCUT2D eigenvalue weighted by Gasteiger charge is 2.18. The Balaban J connectivity index is 3.05. The van der Waals surface area contributed by atoms with Crippen molar-refractivity contribution in [2.75, 3.05) is 0 Å². The maximum atomic E-state index is 10.8.